The molecule has 2 aliphatic heterocycles. The molecule has 0 bridgehead atoms. The SMILES string of the molecule is CC1=[N+](CCCCC(=O)ON2C(=O)CCC2=O)c2ccccc2C1(C)C. The number of unbranched alkanes of at least 4 members (excludes halogenated alkanes) is 1. The van der Waals surface area contributed by atoms with Gasteiger partial charge in [-0.15, -0.1) is 5.06 Å². The molecule has 0 spiro atoms. The van der Waals surface area contributed by atoms with Crippen molar-refractivity contribution in [2.24, 2.45) is 0 Å². The van der Waals surface area contributed by atoms with Crippen molar-refractivity contribution in [2.45, 2.75) is 58.3 Å². The Morgan fingerprint density at radius 2 is 1.81 bits per heavy atom. The lowest BCUT2D eigenvalue weighted by Crippen LogP contribution is -2.32. The van der Waals surface area contributed by atoms with Crippen LogP contribution in [0.5, 0.6) is 0 Å². The third kappa shape index (κ3) is 3.28. The van der Waals surface area contributed by atoms with Crippen LogP contribution < -0.4 is 0 Å². The number of rotatable bonds is 6. The molecule has 2 amide bonds. The van der Waals surface area contributed by atoms with Gasteiger partial charge in [-0.25, -0.2) is 4.79 Å². The molecule has 1 aromatic rings. The minimum Gasteiger partial charge on any atom is -0.330 e. The summed E-state index contributed by atoms with van der Waals surface area (Å²) in [4.78, 5) is 39.7. The van der Waals surface area contributed by atoms with Gasteiger partial charge in [0.05, 0.1) is 5.41 Å². The van der Waals surface area contributed by atoms with E-state index in [1.807, 2.05) is 6.07 Å². The molecular formula is C20H25N2O4+. The number of nitrogens with zero attached hydrogens (tertiary/aromatic N) is 2. The maximum absolute atomic E-state index is 11.9. The molecule has 138 valence electrons. The predicted molar refractivity (Wildman–Crippen MR) is 96.0 cm³/mol. The third-order valence-electron chi connectivity index (χ3n) is 5.39. The Hall–Kier alpha value is -2.50. The fourth-order valence-electron chi connectivity index (χ4n) is 3.58. The van der Waals surface area contributed by atoms with E-state index in [1.54, 1.807) is 0 Å². The topological polar surface area (TPSA) is 66.7 Å². The van der Waals surface area contributed by atoms with Crippen LogP contribution >= 0.6 is 0 Å². The Kier molecular flexibility index (Phi) is 4.94. The van der Waals surface area contributed by atoms with Crippen LogP contribution in [0.1, 0.15) is 58.4 Å². The van der Waals surface area contributed by atoms with E-state index in [1.165, 1.54) is 17.0 Å². The number of imide groups is 1. The first-order chi connectivity index (χ1) is 12.3. The van der Waals surface area contributed by atoms with Gasteiger partial charge in [0, 0.05) is 44.2 Å². The second kappa shape index (κ2) is 7.02. The zero-order valence-corrected chi connectivity index (χ0v) is 15.6. The van der Waals surface area contributed by atoms with Crippen molar-refractivity contribution in [3.05, 3.63) is 29.8 Å². The van der Waals surface area contributed by atoms with E-state index in [2.05, 4.69) is 43.5 Å². The van der Waals surface area contributed by atoms with Crippen LogP contribution in [0.4, 0.5) is 5.69 Å². The van der Waals surface area contributed by atoms with Gasteiger partial charge in [-0.2, -0.15) is 4.58 Å². The number of benzene rings is 1. The van der Waals surface area contributed by atoms with Gasteiger partial charge in [0.1, 0.15) is 6.54 Å². The fraction of sp³-hybridized carbons (Fsp3) is 0.500. The second-order valence-corrected chi connectivity index (χ2v) is 7.38. The maximum atomic E-state index is 11.9. The molecule has 0 N–H and O–H groups in total. The number of fused-ring (bicyclic) bond motifs is 1. The zero-order chi connectivity index (χ0) is 18.9. The van der Waals surface area contributed by atoms with Crippen LogP contribution in [0.2, 0.25) is 0 Å². The van der Waals surface area contributed by atoms with Crippen molar-refractivity contribution in [1.82, 2.24) is 5.06 Å². The number of para-hydroxylation sites is 1. The largest absolute Gasteiger partial charge is 0.333 e. The fourth-order valence-corrected chi connectivity index (χ4v) is 3.58. The maximum Gasteiger partial charge on any atom is 0.333 e. The summed E-state index contributed by atoms with van der Waals surface area (Å²) in [5, 5.41) is 0.611. The molecule has 1 saturated heterocycles. The molecule has 0 aromatic heterocycles. The molecule has 0 unspecified atom stereocenters. The summed E-state index contributed by atoms with van der Waals surface area (Å²) in [7, 11) is 0. The Bertz CT molecular complexity index is 779. The normalized spacial score (nSPS) is 18.5. The summed E-state index contributed by atoms with van der Waals surface area (Å²) in [5.41, 5.74) is 3.86. The van der Waals surface area contributed by atoms with Crippen LogP contribution in [0.15, 0.2) is 24.3 Å². The number of carbonyl (C=O) groups is 3. The van der Waals surface area contributed by atoms with Crippen LogP contribution in [-0.4, -0.2) is 39.7 Å². The molecule has 6 heteroatoms. The molecule has 1 fully saturated rings. The van der Waals surface area contributed by atoms with E-state index in [0.717, 1.165) is 13.0 Å². The molecule has 2 aliphatic rings. The van der Waals surface area contributed by atoms with Gasteiger partial charge in [-0.05, 0) is 20.3 Å². The number of carbonyl (C=O) groups excluding carboxylic acids is 3. The lowest BCUT2D eigenvalue weighted by atomic mass is 9.82. The first kappa shape index (κ1) is 18.3. The summed E-state index contributed by atoms with van der Waals surface area (Å²) < 4.78 is 2.31. The van der Waals surface area contributed by atoms with Gasteiger partial charge < -0.3 is 4.84 Å². The Balaban J connectivity index is 1.52. The molecule has 0 atom stereocenters. The molecule has 3 rings (SSSR count). The van der Waals surface area contributed by atoms with E-state index >= 15 is 0 Å². The van der Waals surface area contributed by atoms with Crippen molar-refractivity contribution in [2.75, 3.05) is 6.54 Å². The summed E-state index contributed by atoms with van der Waals surface area (Å²) in [6.45, 7) is 7.42. The third-order valence-corrected chi connectivity index (χ3v) is 5.39. The number of hydrogen-bond donors (Lipinski definition) is 0. The predicted octanol–water partition coefficient (Wildman–Crippen LogP) is 2.86. The molecule has 0 radical (unpaired) electrons. The van der Waals surface area contributed by atoms with Crippen molar-refractivity contribution >= 4 is 29.2 Å². The monoisotopic (exact) mass is 357 g/mol. The van der Waals surface area contributed by atoms with E-state index in [-0.39, 0.29) is 24.7 Å². The van der Waals surface area contributed by atoms with Gasteiger partial charge in [0.25, 0.3) is 11.8 Å². The van der Waals surface area contributed by atoms with Crippen molar-refractivity contribution < 1.29 is 23.8 Å². The number of amides is 2. The van der Waals surface area contributed by atoms with Gasteiger partial charge in [-0.1, -0.05) is 18.2 Å². The highest BCUT2D eigenvalue weighted by atomic mass is 16.7. The Morgan fingerprint density at radius 1 is 1.15 bits per heavy atom. The first-order valence-electron chi connectivity index (χ1n) is 9.10. The van der Waals surface area contributed by atoms with E-state index in [9.17, 15) is 14.4 Å². The van der Waals surface area contributed by atoms with Gasteiger partial charge in [-0.3, -0.25) is 9.59 Å². The molecule has 26 heavy (non-hydrogen) atoms. The lowest BCUT2D eigenvalue weighted by molar-refractivity contribution is -0.439. The van der Waals surface area contributed by atoms with Crippen LogP contribution in [0, 0.1) is 0 Å². The lowest BCUT2D eigenvalue weighted by Gasteiger charge is -2.14. The minimum absolute atomic E-state index is 0.00595. The summed E-state index contributed by atoms with van der Waals surface area (Å²) in [6, 6.07) is 8.41. The highest BCUT2D eigenvalue weighted by Gasteiger charge is 2.42. The van der Waals surface area contributed by atoms with E-state index < -0.39 is 17.8 Å². The quantitative estimate of drug-likeness (QED) is 0.446. The molecule has 0 aliphatic carbocycles. The minimum atomic E-state index is -0.531. The highest BCUT2D eigenvalue weighted by Crippen LogP contribution is 2.39. The average Bonchev–Trinajstić information content (AvgIpc) is 3.02. The van der Waals surface area contributed by atoms with Gasteiger partial charge in [0.2, 0.25) is 5.69 Å². The van der Waals surface area contributed by atoms with Crippen LogP contribution in [0.25, 0.3) is 0 Å². The summed E-state index contributed by atoms with van der Waals surface area (Å²) in [6.07, 6.45) is 1.88. The number of hydroxylamine groups is 2. The Labute approximate surface area is 153 Å². The first-order valence-corrected chi connectivity index (χ1v) is 9.10. The van der Waals surface area contributed by atoms with Crippen LogP contribution in [-0.2, 0) is 24.6 Å². The second-order valence-electron chi connectivity index (χ2n) is 7.38. The zero-order valence-electron chi connectivity index (χ0n) is 15.6. The van der Waals surface area contributed by atoms with Crippen molar-refractivity contribution in [3.63, 3.8) is 0 Å². The standard InChI is InChI=1S/C20H25N2O4/c1-14-20(2,3)15-8-4-5-9-16(15)21(14)13-7-6-10-19(25)26-22-17(23)11-12-18(22)24/h4-5,8-9H,6-7,10-13H2,1-3H3/q+1. The summed E-state index contributed by atoms with van der Waals surface area (Å²) >= 11 is 0. The van der Waals surface area contributed by atoms with E-state index in [4.69, 9.17) is 4.84 Å². The van der Waals surface area contributed by atoms with Crippen molar-refractivity contribution in [1.29, 1.82) is 0 Å². The molecular weight excluding hydrogens is 332 g/mol. The molecule has 6 nitrogen and oxygen atoms in total. The molecule has 2 heterocycles. The molecule has 0 saturated carbocycles. The number of hydrogen-bond acceptors (Lipinski definition) is 4. The van der Waals surface area contributed by atoms with Crippen molar-refractivity contribution in [3.8, 4) is 0 Å². The van der Waals surface area contributed by atoms with Gasteiger partial charge in [0.15, 0.2) is 5.71 Å². The molecule has 1 aromatic carbocycles. The van der Waals surface area contributed by atoms with Crippen LogP contribution in [0.3, 0.4) is 0 Å². The smallest absolute Gasteiger partial charge is 0.330 e. The highest BCUT2D eigenvalue weighted by molar-refractivity contribution is 6.01. The van der Waals surface area contributed by atoms with E-state index in [0.29, 0.717) is 11.5 Å². The Morgan fingerprint density at radius 3 is 2.50 bits per heavy atom. The average molecular weight is 357 g/mol. The van der Waals surface area contributed by atoms with Gasteiger partial charge >= 0.3 is 5.97 Å². The summed E-state index contributed by atoms with van der Waals surface area (Å²) in [5.74, 6) is -1.41.